The van der Waals surface area contributed by atoms with Crippen molar-refractivity contribution in [2.75, 3.05) is 5.73 Å². The van der Waals surface area contributed by atoms with Crippen LogP contribution >= 0.6 is 16.3 Å². The molecule has 9 heteroatoms. The summed E-state index contributed by atoms with van der Waals surface area (Å²) in [6.07, 6.45) is -0.376. The van der Waals surface area contributed by atoms with Crippen LogP contribution in [-0.2, 0) is 20.1 Å². The van der Waals surface area contributed by atoms with Crippen LogP contribution < -0.4 is 5.73 Å². The molecular formula is C8H13NO6P2. The van der Waals surface area contributed by atoms with Gasteiger partial charge in [-0.2, -0.15) is 0 Å². The second-order valence-electron chi connectivity index (χ2n) is 3.38. The van der Waals surface area contributed by atoms with Crippen molar-refractivity contribution in [2.45, 2.75) is 11.9 Å². The number of benzene rings is 1. The monoisotopic (exact) mass is 281 g/mol. The molecule has 0 spiro atoms. The molecule has 0 aliphatic heterocycles. The number of nitrogens with two attached hydrogens (primary N) is 1. The second-order valence-corrected chi connectivity index (χ2v) is 5.50. The molecule has 0 bridgehead atoms. The van der Waals surface area contributed by atoms with Crippen molar-refractivity contribution in [3.05, 3.63) is 29.8 Å². The van der Waals surface area contributed by atoms with E-state index in [0.29, 0.717) is 11.3 Å². The van der Waals surface area contributed by atoms with Gasteiger partial charge in [0.05, 0.1) is 0 Å². The Kier molecular flexibility index (Phi) is 4.89. The third-order valence-electron chi connectivity index (χ3n) is 2.01. The number of nitrogen functional groups attached to an aromatic ring is 1. The van der Waals surface area contributed by atoms with Crippen LogP contribution in [-0.4, -0.2) is 20.4 Å². The average molecular weight is 281 g/mol. The molecule has 0 amide bonds. The Morgan fingerprint density at radius 2 is 1.76 bits per heavy atom. The van der Waals surface area contributed by atoms with Crippen LogP contribution in [0.1, 0.15) is 5.56 Å². The minimum Gasteiger partial charge on any atom is -0.399 e. The van der Waals surface area contributed by atoms with Crippen LogP contribution in [0, 0.1) is 0 Å². The Labute approximate surface area is 98.7 Å². The normalized spacial score (nSPS) is 18.3. The molecule has 7 nitrogen and oxygen atoms in total. The van der Waals surface area contributed by atoms with Crippen LogP contribution in [0.2, 0.25) is 0 Å². The van der Waals surface area contributed by atoms with Gasteiger partial charge in [-0.1, -0.05) is 12.1 Å². The summed E-state index contributed by atoms with van der Waals surface area (Å²) in [4.78, 5) is 17.5. The lowest BCUT2D eigenvalue weighted by Gasteiger charge is -2.23. The van der Waals surface area contributed by atoms with Crippen molar-refractivity contribution in [1.82, 2.24) is 0 Å². The minimum absolute atomic E-state index is 0.376. The Morgan fingerprint density at radius 1 is 1.24 bits per heavy atom. The Morgan fingerprint density at radius 3 is 2.18 bits per heavy atom. The van der Waals surface area contributed by atoms with Crippen LogP contribution in [0.3, 0.4) is 0 Å². The quantitative estimate of drug-likeness (QED) is 0.347. The molecule has 0 saturated heterocycles. The molecule has 17 heavy (non-hydrogen) atoms. The second kappa shape index (κ2) is 5.78. The first-order valence-corrected chi connectivity index (χ1v) is 7.17. The molecule has 0 aliphatic rings. The van der Waals surface area contributed by atoms with E-state index in [9.17, 15) is 14.2 Å². The molecule has 0 heterocycles. The fourth-order valence-electron chi connectivity index (χ4n) is 1.21. The van der Waals surface area contributed by atoms with Gasteiger partial charge in [-0.05, 0) is 17.7 Å². The van der Waals surface area contributed by atoms with Gasteiger partial charge in [0.15, 0.2) is 0 Å². The maximum atomic E-state index is 11.0. The SMILES string of the molecule is Nc1ccc(CC(O)(O[PH](=O)O)[PH](=O)O)cc1. The first kappa shape index (κ1) is 14.4. The van der Waals surface area contributed by atoms with E-state index in [1.165, 1.54) is 24.3 Å². The highest BCUT2D eigenvalue weighted by molar-refractivity contribution is 7.41. The lowest BCUT2D eigenvalue weighted by Crippen LogP contribution is -2.28. The number of anilines is 1. The molecule has 0 radical (unpaired) electrons. The van der Waals surface area contributed by atoms with Crippen molar-refractivity contribution >= 4 is 22.0 Å². The highest BCUT2D eigenvalue weighted by Gasteiger charge is 2.36. The molecule has 3 unspecified atom stereocenters. The van der Waals surface area contributed by atoms with E-state index in [1.54, 1.807) is 0 Å². The van der Waals surface area contributed by atoms with Gasteiger partial charge in [0.1, 0.15) is 0 Å². The van der Waals surface area contributed by atoms with E-state index in [1.807, 2.05) is 0 Å². The first-order valence-electron chi connectivity index (χ1n) is 4.55. The summed E-state index contributed by atoms with van der Waals surface area (Å²) in [6.45, 7) is 0. The van der Waals surface area contributed by atoms with Crippen LogP contribution in [0.4, 0.5) is 5.69 Å². The number of hydrogen-bond donors (Lipinski definition) is 4. The first-order chi connectivity index (χ1) is 7.83. The predicted octanol–water partition coefficient (Wildman–Crippen LogP) is 0.323. The van der Waals surface area contributed by atoms with Crippen molar-refractivity contribution in [1.29, 1.82) is 0 Å². The van der Waals surface area contributed by atoms with Crippen LogP contribution in [0.25, 0.3) is 0 Å². The number of hydrogen-bond acceptors (Lipinski definition) is 5. The van der Waals surface area contributed by atoms with E-state index < -0.39 is 21.8 Å². The summed E-state index contributed by atoms with van der Waals surface area (Å²) in [7, 11) is -7.08. The smallest absolute Gasteiger partial charge is 0.319 e. The lowest BCUT2D eigenvalue weighted by molar-refractivity contribution is -0.0671. The van der Waals surface area contributed by atoms with E-state index in [4.69, 9.17) is 15.5 Å². The molecule has 0 aliphatic carbocycles. The predicted molar refractivity (Wildman–Crippen MR) is 63.0 cm³/mol. The maximum absolute atomic E-state index is 11.0. The zero-order valence-corrected chi connectivity index (χ0v) is 10.7. The minimum atomic E-state index is -3.56. The molecule has 3 atom stereocenters. The molecule has 1 rings (SSSR count). The molecule has 5 N–H and O–H groups in total. The van der Waals surface area contributed by atoms with Crippen molar-refractivity contribution in [3.63, 3.8) is 0 Å². The Bertz CT molecular complexity index is 436. The van der Waals surface area contributed by atoms with Gasteiger partial charge in [0.2, 0.25) is 8.03 Å². The highest BCUT2D eigenvalue weighted by Crippen LogP contribution is 2.42. The van der Waals surface area contributed by atoms with Gasteiger partial charge in [0, 0.05) is 12.1 Å². The van der Waals surface area contributed by atoms with Crippen molar-refractivity contribution < 1.29 is 28.5 Å². The summed E-state index contributed by atoms with van der Waals surface area (Å²) >= 11 is 0. The zero-order chi connectivity index (χ0) is 13.1. The zero-order valence-electron chi connectivity index (χ0n) is 8.66. The highest BCUT2D eigenvalue weighted by atomic mass is 31.1. The Hall–Kier alpha value is -0.680. The van der Waals surface area contributed by atoms with Gasteiger partial charge >= 0.3 is 8.25 Å². The van der Waals surface area contributed by atoms with Crippen LogP contribution in [0.15, 0.2) is 24.3 Å². The number of rotatable bonds is 5. The van der Waals surface area contributed by atoms with Gasteiger partial charge in [0.25, 0.3) is 5.53 Å². The van der Waals surface area contributed by atoms with Gasteiger partial charge in [-0.25, -0.2) is 0 Å². The topological polar surface area (TPSA) is 130 Å². The fourth-order valence-corrected chi connectivity index (χ4v) is 2.54. The van der Waals surface area contributed by atoms with Gasteiger partial charge in [-0.15, -0.1) is 0 Å². The third kappa shape index (κ3) is 4.24. The summed E-state index contributed by atoms with van der Waals surface area (Å²) in [5.74, 6) is 0. The number of aliphatic hydroxyl groups is 1. The van der Waals surface area contributed by atoms with Crippen molar-refractivity contribution in [2.24, 2.45) is 0 Å². The standard InChI is InChI=1S/C8H13NO6P2/c9-7-3-1-6(2-4-7)5-8(10,16(11)12)15-17(13)14/h1-4,10,16-17H,5,9H2,(H,11,12)(H,13,14). The summed E-state index contributed by atoms with van der Waals surface area (Å²) in [6, 6.07) is 6.10. The molecule has 1 aromatic rings. The molecule has 0 aromatic heterocycles. The maximum Gasteiger partial charge on any atom is 0.319 e. The fraction of sp³-hybridized carbons (Fsp3) is 0.250. The van der Waals surface area contributed by atoms with E-state index >= 15 is 0 Å². The largest absolute Gasteiger partial charge is 0.399 e. The van der Waals surface area contributed by atoms with Gasteiger partial charge in [-0.3, -0.25) is 13.7 Å². The van der Waals surface area contributed by atoms with Gasteiger partial charge < -0.3 is 20.6 Å². The molecule has 96 valence electrons. The average Bonchev–Trinajstić information content (AvgIpc) is 2.20. The van der Waals surface area contributed by atoms with E-state index in [-0.39, 0.29) is 6.42 Å². The summed E-state index contributed by atoms with van der Waals surface area (Å²) in [5.41, 5.74) is 3.86. The molecular weight excluding hydrogens is 268 g/mol. The van der Waals surface area contributed by atoms with E-state index in [0.717, 1.165) is 0 Å². The van der Waals surface area contributed by atoms with Crippen molar-refractivity contribution in [3.8, 4) is 0 Å². The lowest BCUT2D eigenvalue weighted by atomic mass is 10.1. The summed E-state index contributed by atoms with van der Waals surface area (Å²) in [5, 5.41) is 9.68. The van der Waals surface area contributed by atoms with Crippen LogP contribution in [0.5, 0.6) is 0 Å². The molecule has 0 fully saturated rings. The Balaban J connectivity index is 2.90. The molecule has 1 aromatic carbocycles. The molecule has 0 saturated carbocycles. The third-order valence-corrected chi connectivity index (χ3v) is 3.68. The summed E-state index contributed by atoms with van der Waals surface area (Å²) < 4.78 is 25.7. The van der Waals surface area contributed by atoms with E-state index in [2.05, 4.69) is 4.52 Å².